The third kappa shape index (κ3) is 6.76. The van der Waals surface area contributed by atoms with Gasteiger partial charge in [0, 0.05) is 12.1 Å². The van der Waals surface area contributed by atoms with Crippen molar-refractivity contribution in [2.45, 2.75) is 13.1 Å². The first kappa shape index (κ1) is 25.3. The summed E-state index contributed by atoms with van der Waals surface area (Å²) in [5.41, 5.74) is -0.972. The van der Waals surface area contributed by atoms with Crippen LogP contribution in [0.15, 0.2) is 36.4 Å². The molecular formula is C21H23ClF3N3O4. The van der Waals surface area contributed by atoms with Crippen molar-refractivity contribution in [1.82, 2.24) is 4.90 Å². The van der Waals surface area contributed by atoms with Crippen LogP contribution in [0.25, 0.3) is 0 Å². The number of amides is 2. The molecule has 174 valence electrons. The molecule has 0 saturated heterocycles. The zero-order valence-corrected chi connectivity index (χ0v) is 18.4. The predicted molar refractivity (Wildman–Crippen MR) is 115 cm³/mol. The molecule has 11 heteroatoms. The van der Waals surface area contributed by atoms with Gasteiger partial charge in [0.2, 0.25) is 11.8 Å². The van der Waals surface area contributed by atoms with Crippen LogP contribution in [-0.4, -0.2) is 50.6 Å². The number of rotatable bonds is 9. The lowest BCUT2D eigenvalue weighted by Crippen LogP contribution is -2.38. The Kier molecular flexibility index (Phi) is 8.73. The van der Waals surface area contributed by atoms with E-state index in [4.69, 9.17) is 21.1 Å². The molecule has 7 nitrogen and oxygen atoms in total. The highest BCUT2D eigenvalue weighted by Gasteiger charge is 2.33. The van der Waals surface area contributed by atoms with E-state index >= 15 is 0 Å². The van der Waals surface area contributed by atoms with Crippen molar-refractivity contribution in [2.24, 2.45) is 0 Å². The lowest BCUT2D eigenvalue weighted by atomic mass is 10.1. The molecule has 0 aliphatic heterocycles. The average molecular weight is 474 g/mol. The highest BCUT2D eigenvalue weighted by Crippen LogP contribution is 2.36. The van der Waals surface area contributed by atoms with Gasteiger partial charge >= 0.3 is 6.18 Å². The first-order chi connectivity index (χ1) is 15.1. The number of carbonyl (C=O) groups is 2. The molecule has 2 amide bonds. The second-order valence-electron chi connectivity index (χ2n) is 6.63. The number of benzene rings is 2. The van der Waals surface area contributed by atoms with Crippen LogP contribution >= 0.6 is 11.6 Å². The van der Waals surface area contributed by atoms with E-state index in [-0.39, 0.29) is 18.8 Å². The highest BCUT2D eigenvalue weighted by molar-refractivity contribution is 6.32. The number of hydrogen-bond acceptors (Lipinski definition) is 5. The Bertz CT molecular complexity index is 970. The summed E-state index contributed by atoms with van der Waals surface area (Å²) in [4.78, 5) is 26.3. The fourth-order valence-corrected chi connectivity index (χ4v) is 3.09. The maximum atomic E-state index is 13.1. The van der Waals surface area contributed by atoms with E-state index in [9.17, 15) is 22.8 Å². The van der Waals surface area contributed by atoms with Crippen molar-refractivity contribution < 1.29 is 32.2 Å². The first-order valence-corrected chi connectivity index (χ1v) is 9.86. The van der Waals surface area contributed by atoms with E-state index in [1.807, 2.05) is 0 Å². The molecule has 0 bridgehead atoms. The molecular weight excluding hydrogens is 451 g/mol. The van der Waals surface area contributed by atoms with E-state index in [0.717, 1.165) is 6.07 Å². The fraction of sp³-hybridized carbons (Fsp3) is 0.333. The summed E-state index contributed by atoms with van der Waals surface area (Å²) in [5, 5.41) is 5.22. The third-order valence-electron chi connectivity index (χ3n) is 4.44. The Morgan fingerprint density at radius 2 is 1.53 bits per heavy atom. The summed E-state index contributed by atoms with van der Waals surface area (Å²) >= 11 is 6.05. The molecule has 0 saturated carbocycles. The van der Waals surface area contributed by atoms with Gasteiger partial charge in [-0.2, -0.15) is 13.2 Å². The van der Waals surface area contributed by atoms with Crippen LogP contribution in [0, 0.1) is 0 Å². The van der Waals surface area contributed by atoms with Crippen LogP contribution < -0.4 is 20.1 Å². The SMILES string of the molecule is CCN(CC(=O)Nc1cc(OC)c(Cl)cc1OC)CC(=O)Nc1ccccc1C(F)(F)F. The number of anilines is 2. The molecule has 0 aromatic heterocycles. The average Bonchev–Trinajstić information content (AvgIpc) is 2.73. The summed E-state index contributed by atoms with van der Waals surface area (Å²) in [6.07, 6.45) is -4.60. The topological polar surface area (TPSA) is 79.9 Å². The first-order valence-electron chi connectivity index (χ1n) is 9.48. The van der Waals surface area contributed by atoms with Gasteiger partial charge in [-0.3, -0.25) is 14.5 Å². The molecule has 2 N–H and O–H groups in total. The van der Waals surface area contributed by atoms with E-state index in [1.54, 1.807) is 6.92 Å². The zero-order valence-electron chi connectivity index (χ0n) is 17.7. The number of hydrogen-bond donors (Lipinski definition) is 2. The second kappa shape index (κ2) is 11.1. The molecule has 0 aliphatic carbocycles. The number of para-hydroxylation sites is 1. The summed E-state index contributed by atoms with van der Waals surface area (Å²) in [5.74, 6) is -0.494. The molecule has 32 heavy (non-hydrogen) atoms. The van der Waals surface area contributed by atoms with Gasteiger partial charge in [0.15, 0.2) is 0 Å². The van der Waals surface area contributed by atoms with Gasteiger partial charge < -0.3 is 20.1 Å². The molecule has 0 unspecified atom stereocenters. The van der Waals surface area contributed by atoms with Crippen LogP contribution in [-0.2, 0) is 15.8 Å². The molecule has 0 fully saturated rings. The number of likely N-dealkylation sites (N-methyl/N-ethyl adjacent to an activating group) is 1. The Labute approximate surface area is 188 Å². The molecule has 0 atom stereocenters. The minimum atomic E-state index is -4.60. The maximum absolute atomic E-state index is 13.1. The minimum absolute atomic E-state index is 0.182. The lowest BCUT2D eigenvalue weighted by Gasteiger charge is -2.21. The van der Waals surface area contributed by atoms with Crippen molar-refractivity contribution in [2.75, 3.05) is 44.5 Å². The van der Waals surface area contributed by atoms with Crippen LogP contribution in [0.2, 0.25) is 5.02 Å². The summed E-state index contributed by atoms with van der Waals surface area (Å²) in [6.45, 7) is 1.56. The fourth-order valence-electron chi connectivity index (χ4n) is 2.86. The van der Waals surface area contributed by atoms with Gasteiger partial charge in [-0.25, -0.2) is 0 Å². The van der Waals surface area contributed by atoms with Gasteiger partial charge in [-0.15, -0.1) is 0 Å². The van der Waals surface area contributed by atoms with E-state index in [2.05, 4.69) is 10.6 Å². The van der Waals surface area contributed by atoms with Gasteiger partial charge in [-0.1, -0.05) is 30.7 Å². The van der Waals surface area contributed by atoms with Crippen molar-refractivity contribution in [1.29, 1.82) is 0 Å². The van der Waals surface area contributed by atoms with Crippen molar-refractivity contribution >= 4 is 34.8 Å². The van der Waals surface area contributed by atoms with Crippen molar-refractivity contribution in [3.05, 3.63) is 47.0 Å². The Hall–Kier alpha value is -2.98. The monoisotopic (exact) mass is 473 g/mol. The molecule has 0 aliphatic rings. The summed E-state index contributed by atoms with van der Waals surface area (Å²) < 4.78 is 49.6. The summed E-state index contributed by atoms with van der Waals surface area (Å²) in [7, 11) is 2.84. The quantitative estimate of drug-likeness (QED) is 0.568. The number of nitrogens with one attached hydrogen (secondary N) is 2. The molecule has 0 radical (unpaired) electrons. The van der Waals surface area contributed by atoms with Crippen molar-refractivity contribution in [3.63, 3.8) is 0 Å². The number of methoxy groups -OCH3 is 2. The van der Waals surface area contributed by atoms with Crippen LogP contribution in [0.5, 0.6) is 11.5 Å². The Balaban J connectivity index is 2.04. The molecule has 0 spiro atoms. The maximum Gasteiger partial charge on any atom is 0.418 e. The highest BCUT2D eigenvalue weighted by atomic mass is 35.5. The van der Waals surface area contributed by atoms with Gasteiger partial charge in [0.1, 0.15) is 11.5 Å². The second-order valence-corrected chi connectivity index (χ2v) is 7.04. The normalized spacial score (nSPS) is 11.2. The third-order valence-corrected chi connectivity index (χ3v) is 4.73. The van der Waals surface area contributed by atoms with Gasteiger partial charge in [0.25, 0.3) is 0 Å². The van der Waals surface area contributed by atoms with Gasteiger partial charge in [-0.05, 0) is 18.7 Å². The zero-order chi connectivity index (χ0) is 23.9. The smallest absolute Gasteiger partial charge is 0.418 e. The van der Waals surface area contributed by atoms with Crippen LogP contribution in [0.3, 0.4) is 0 Å². The molecule has 2 aromatic rings. The lowest BCUT2D eigenvalue weighted by molar-refractivity contribution is -0.137. The number of halogens is 4. The standard InChI is InChI=1S/C21H23ClF3N3O4/c1-4-28(11-19(29)26-15-8-6-5-7-13(15)21(23,24)25)12-20(30)27-16-10-17(31-2)14(22)9-18(16)32-3/h5-10H,4,11-12H2,1-3H3,(H,26,29)(H,27,30). The Morgan fingerprint density at radius 3 is 2.06 bits per heavy atom. The molecule has 0 heterocycles. The Morgan fingerprint density at radius 1 is 0.969 bits per heavy atom. The summed E-state index contributed by atoms with van der Waals surface area (Å²) in [6, 6.07) is 7.67. The number of nitrogens with zero attached hydrogens (tertiary/aromatic N) is 1. The van der Waals surface area contributed by atoms with Crippen LogP contribution in [0.1, 0.15) is 12.5 Å². The van der Waals surface area contributed by atoms with E-state index < -0.39 is 23.6 Å². The predicted octanol–water partition coefficient (Wildman–Crippen LogP) is 4.28. The van der Waals surface area contributed by atoms with E-state index in [1.165, 1.54) is 49.5 Å². The largest absolute Gasteiger partial charge is 0.495 e. The molecule has 2 aromatic carbocycles. The van der Waals surface area contributed by atoms with Crippen LogP contribution in [0.4, 0.5) is 24.5 Å². The number of ether oxygens (including phenoxy) is 2. The number of alkyl halides is 3. The van der Waals surface area contributed by atoms with Crippen molar-refractivity contribution in [3.8, 4) is 11.5 Å². The molecule has 2 rings (SSSR count). The van der Waals surface area contributed by atoms with Gasteiger partial charge in [0.05, 0.1) is 49.3 Å². The number of carbonyl (C=O) groups excluding carboxylic acids is 2. The minimum Gasteiger partial charge on any atom is -0.495 e. The van der Waals surface area contributed by atoms with E-state index in [0.29, 0.717) is 28.8 Å².